The first-order valence-corrected chi connectivity index (χ1v) is 7.48. The lowest BCUT2D eigenvalue weighted by Gasteiger charge is -2.32. The Morgan fingerprint density at radius 3 is 2.09 bits per heavy atom. The number of phenolic OH excluding ortho intramolecular Hbond substituents is 1. The van der Waals surface area contributed by atoms with E-state index in [1.807, 2.05) is 34.6 Å². The number of carbonyl (C=O) groups is 2. The third-order valence-electron chi connectivity index (χ3n) is 3.37. The molecule has 1 aromatic carbocycles. The van der Waals surface area contributed by atoms with Crippen molar-refractivity contribution in [1.29, 1.82) is 0 Å². The second-order valence-electron chi connectivity index (χ2n) is 6.00. The summed E-state index contributed by atoms with van der Waals surface area (Å²) >= 11 is 0. The first-order valence-electron chi connectivity index (χ1n) is 7.48. The summed E-state index contributed by atoms with van der Waals surface area (Å²) in [5.41, 5.74) is 0.898. The topological polar surface area (TPSA) is 66.8 Å². The van der Waals surface area contributed by atoms with Gasteiger partial charge in [0, 0.05) is 12.1 Å². The maximum atomic E-state index is 12.4. The van der Waals surface area contributed by atoms with Crippen molar-refractivity contribution in [1.82, 2.24) is 4.90 Å². The molecular weight excluding hydrogens is 282 g/mol. The number of carbonyl (C=O) groups excluding carboxylic acids is 2. The summed E-state index contributed by atoms with van der Waals surface area (Å²) in [5.74, 6) is -1.09. The van der Waals surface area contributed by atoms with Crippen LogP contribution in [-0.2, 0) is 9.53 Å². The smallest absolute Gasteiger partial charge is 0.342 e. The van der Waals surface area contributed by atoms with Gasteiger partial charge in [-0.3, -0.25) is 4.79 Å². The maximum Gasteiger partial charge on any atom is 0.342 e. The van der Waals surface area contributed by atoms with E-state index in [2.05, 4.69) is 0 Å². The minimum Gasteiger partial charge on any atom is -0.507 e. The molecule has 0 aliphatic rings. The fourth-order valence-corrected chi connectivity index (χ4v) is 2.40. The molecule has 1 N–H and O–H groups in total. The lowest BCUT2D eigenvalue weighted by molar-refractivity contribution is -0.143. The van der Waals surface area contributed by atoms with Crippen molar-refractivity contribution < 1.29 is 19.4 Å². The third kappa shape index (κ3) is 4.23. The van der Waals surface area contributed by atoms with Gasteiger partial charge >= 0.3 is 5.97 Å². The molecule has 0 spiro atoms. The fraction of sp³-hybridized carbons (Fsp3) is 0.529. The molecule has 0 aliphatic carbocycles. The number of amides is 1. The van der Waals surface area contributed by atoms with Crippen LogP contribution in [0.1, 0.15) is 50.5 Å². The highest BCUT2D eigenvalue weighted by Gasteiger charge is 2.28. The van der Waals surface area contributed by atoms with Crippen LogP contribution in [0.15, 0.2) is 18.2 Å². The average molecular weight is 307 g/mol. The van der Waals surface area contributed by atoms with Gasteiger partial charge in [0.2, 0.25) is 0 Å². The molecular formula is C17H25NO4. The van der Waals surface area contributed by atoms with Gasteiger partial charge < -0.3 is 14.7 Å². The molecule has 0 saturated carbocycles. The molecule has 1 amide bonds. The molecule has 1 atom stereocenters. The van der Waals surface area contributed by atoms with Crippen molar-refractivity contribution in [2.75, 3.05) is 0 Å². The monoisotopic (exact) mass is 307 g/mol. The summed E-state index contributed by atoms with van der Waals surface area (Å²) < 4.78 is 5.21. The van der Waals surface area contributed by atoms with Gasteiger partial charge in [0.1, 0.15) is 11.3 Å². The Hall–Kier alpha value is -2.04. The van der Waals surface area contributed by atoms with Crippen molar-refractivity contribution in [3.63, 3.8) is 0 Å². The Kier molecular flexibility index (Phi) is 5.97. The molecule has 1 aromatic rings. The van der Waals surface area contributed by atoms with E-state index in [0.29, 0.717) is 0 Å². The second kappa shape index (κ2) is 7.29. The van der Waals surface area contributed by atoms with E-state index in [9.17, 15) is 14.7 Å². The molecule has 1 rings (SSSR count). The molecule has 5 nitrogen and oxygen atoms in total. The van der Waals surface area contributed by atoms with Gasteiger partial charge in [-0.15, -0.1) is 0 Å². The number of aryl methyl sites for hydroxylation is 1. The Morgan fingerprint density at radius 1 is 1.09 bits per heavy atom. The highest BCUT2D eigenvalue weighted by molar-refractivity contribution is 5.94. The Balaban J connectivity index is 2.85. The molecule has 0 saturated heterocycles. The summed E-state index contributed by atoms with van der Waals surface area (Å²) in [6, 6.07) is 4.71. The van der Waals surface area contributed by atoms with Crippen molar-refractivity contribution in [2.45, 2.75) is 59.7 Å². The number of hydrogen-bond donors (Lipinski definition) is 1. The highest BCUT2D eigenvalue weighted by atomic mass is 16.5. The molecule has 0 unspecified atom stereocenters. The van der Waals surface area contributed by atoms with Gasteiger partial charge in [-0.2, -0.15) is 0 Å². The van der Waals surface area contributed by atoms with Gasteiger partial charge in [-0.05, 0) is 59.2 Å². The van der Waals surface area contributed by atoms with Gasteiger partial charge in [0.25, 0.3) is 5.91 Å². The number of nitrogens with zero attached hydrogens (tertiary/aromatic N) is 1. The third-order valence-corrected chi connectivity index (χ3v) is 3.37. The summed E-state index contributed by atoms with van der Waals surface area (Å²) in [4.78, 5) is 26.2. The van der Waals surface area contributed by atoms with E-state index in [0.717, 1.165) is 5.56 Å². The van der Waals surface area contributed by atoms with Crippen molar-refractivity contribution in [3.8, 4) is 5.75 Å². The normalized spacial score (nSPS) is 12.4. The average Bonchev–Trinajstić information content (AvgIpc) is 2.37. The maximum absolute atomic E-state index is 12.4. The molecule has 0 heterocycles. The largest absolute Gasteiger partial charge is 0.507 e. The number of ether oxygens (including phenoxy) is 1. The lowest BCUT2D eigenvalue weighted by atomic mass is 10.1. The second-order valence-corrected chi connectivity index (χ2v) is 6.00. The van der Waals surface area contributed by atoms with Gasteiger partial charge in [0.05, 0.1) is 0 Å². The van der Waals surface area contributed by atoms with Crippen LogP contribution in [0.4, 0.5) is 0 Å². The van der Waals surface area contributed by atoms with Crippen molar-refractivity contribution in [2.24, 2.45) is 0 Å². The molecule has 0 fully saturated rings. The van der Waals surface area contributed by atoms with E-state index < -0.39 is 12.1 Å². The zero-order chi connectivity index (χ0) is 17.0. The molecule has 22 heavy (non-hydrogen) atoms. The first kappa shape index (κ1) is 18.0. The molecule has 0 bridgehead atoms. The molecule has 0 aliphatic heterocycles. The van der Waals surface area contributed by atoms with Crippen LogP contribution in [0.3, 0.4) is 0 Å². The predicted octanol–water partition coefficient (Wildman–Crippen LogP) is 2.89. The quantitative estimate of drug-likeness (QED) is 0.849. The van der Waals surface area contributed by atoms with Gasteiger partial charge in [-0.25, -0.2) is 4.79 Å². The SMILES string of the molecule is Cc1ccc(C(=O)O[C@@H](C)C(=O)N(C(C)C)C(C)C)c(O)c1. The molecule has 5 heteroatoms. The fourth-order valence-electron chi connectivity index (χ4n) is 2.40. The van der Waals surface area contributed by atoms with E-state index >= 15 is 0 Å². The van der Waals surface area contributed by atoms with E-state index in [1.165, 1.54) is 12.1 Å². The Labute approximate surface area is 131 Å². The van der Waals surface area contributed by atoms with Gasteiger partial charge in [-0.1, -0.05) is 6.07 Å². The van der Waals surface area contributed by atoms with Crippen molar-refractivity contribution >= 4 is 11.9 Å². The van der Waals surface area contributed by atoms with E-state index in [-0.39, 0.29) is 29.3 Å². The summed E-state index contributed by atoms with van der Waals surface area (Å²) in [5, 5.41) is 9.80. The number of phenols is 1. The summed E-state index contributed by atoms with van der Waals surface area (Å²) in [7, 11) is 0. The van der Waals surface area contributed by atoms with Crippen LogP contribution in [0.5, 0.6) is 5.75 Å². The van der Waals surface area contributed by atoms with Crippen LogP contribution in [-0.4, -0.2) is 40.1 Å². The minimum absolute atomic E-state index is 0.0152. The van der Waals surface area contributed by atoms with Crippen molar-refractivity contribution in [3.05, 3.63) is 29.3 Å². The highest BCUT2D eigenvalue weighted by Crippen LogP contribution is 2.20. The number of benzene rings is 1. The van der Waals surface area contributed by atoms with Crippen LogP contribution < -0.4 is 0 Å². The van der Waals surface area contributed by atoms with E-state index in [1.54, 1.807) is 17.9 Å². The zero-order valence-corrected chi connectivity index (χ0v) is 14.1. The number of hydrogen-bond acceptors (Lipinski definition) is 4. The lowest BCUT2D eigenvalue weighted by Crippen LogP contribution is -2.47. The number of rotatable bonds is 5. The Bertz CT molecular complexity index is 544. The molecule has 122 valence electrons. The number of esters is 1. The van der Waals surface area contributed by atoms with Crippen LogP contribution in [0.25, 0.3) is 0 Å². The van der Waals surface area contributed by atoms with Gasteiger partial charge in [0.15, 0.2) is 6.10 Å². The first-order chi connectivity index (χ1) is 10.1. The molecule has 0 aromatic heterocycles. The predicted molar refractivity (Wildman–Crippen MR) is 84.8 cm³/mol. The van der Waals surface area contributed by atoms with Crippen LogP contribution in [0.2, 0.25) is 0 Å². The van der Waals surface area contributed by atoms with Crippen LogP contribution >= 0.6 is 0 Å². The molecule has 0 radical (unpaired) electrons. The zero-order valence-electron chi connectivity index (χ0n) is 14.1. The van der Waals surface area contributed by atoms with E-state index in [4.69, 9.17) is 4.74 Å². The standard InChI is InChI=1S/C17H25NO4/c1-10(2)18(11(3)4)16(20)13(6)22-17(21)14-8-7-12(5)9-15(14)19/h7-11,13,19H,1-6H3/t13-/m0/s1. The van der Waals surface area contributed by atoms with Crippen LogP contribution in [0, 0.1) is 6.92 Å². The summed E-state index contributed by atoms with van der Waals surface area (Å²) in [6.07, 6.45) is -0.905. The number of aromatic hydroxyl groups is 1. The summed E-state index contributed by atoms with van der Waals surface area (Å²) in [6.45, 7) is 11.0. The minimum atomic E-state index is -0.905. The Morgan fingerprint density at radius 2 is 1.64 bits per heavy atom.